The predicted octanol–water partition coefficient (Wildman–Crippen LogP) is 5.36. The van der Waals surface area contributed by atoms with Gasteiger partial charge in [-0.15, -0.1) is 0 Å². The van der Waals surface area contributed by atoms with Crippen LogP contribution in [0.25, 0.3) is 0 Å². The molecule has 4 heteroatoms. The van der Waals surface area contributed by atoms with Crippen molar-refractivity contribution in [3.63, 3.8) is 0 Å². The molecule has 1 aliphatic carbocycles. The zero-order chi connectivity index (χ0) is 17.0. The van der Waals surface area contributed by atoms with Gasteiger partial charge in [0.1, 0.15) is 0 Å². The second-order valence-corrected chi connectivity index (χ2v) is 8.04. The van der Waals surface area contributed by atoms with Crippen LogP contribution in [-0.4, -0.2) is 12.5 Å². The Labute approximate surface area is 149 Å². The second kappa shape index (κ2) is 8.39. The lowest BCUT2D eigenvalue weighted by Gasteiger charge is -2.36. The van der Waals surface area contributed by atoms with E-state index in [0.29, 0.717) is 34.3 Å². The van der Waals surface area contributed by atoms with Crippen LogP contribution in [-0.2, 0) is 11.2 Å². The predicted molar refractivity (Wildman–Crippen MR) is 98.0 cm³/mol. The highest BCUT2D eigenvalue weighted by Crippen LogP contribution is 2.38. The van der Waals surface area contributed by atoms with Gasteiger partial charge in [-0.25, -0.2) is 0 Å². The third-order valence-corrected chi connectivity index (χ3v) is 5.79. The Bertz CT molecular complexity index is 544. The zero-order valence-corrected chi connectivity index (χ0v) is 15.8. The van der Waals surface area contributed by atoms with Crippen LogP contribution in [0.4, 0.5) is 0 Å². The van der Waals surface area contributed by atoms with Crippen molar-refractivity contribution in [3.05, 3.63) is 33.8 Å². The first-order valence-electron chi connectivity index (χ1n) is 8.60. The van der Waals surface area contributed by atoms with Crippen molar-refractivity contribution in [3.8, 4) is 0 Å². The average Bonchev–Trinajstić information content (AvgIpc) is 2.50. The van der Waals surface area contributed by atoms with Gasteiger partial charge in [-0.1, -0.05) is 56.5 Å². The summed E-state index contributed by atoms with van der Waals surface area (Å²) in [5.74, 6) is 2.10. The van der Waals surface area contributed by atoms with E-state index in [0.717, 1.165) is 18.4 Å². The minimum absolute atomic E-state index is 0.160. The molecule has 1 aromatic rings. The van der Waals surface area contributed by atoms with E-state index >= 15 is 0 Å². The Balaban J connectivity index is 1.88. The van der Waals surface area contributed by atoms with Crippen LogP contribution >= 0.6 is 23.2 Å². The zero-order valence-electron chi connectivity index (χ0n) is 14.2. The Morgan fingerprint density at radius 1 is 1.26 bits per heavy atom. The molecule has 128 valence electrons. The number of halogens is 2. The summed E-state index contributed by atoms with van der Waals surface area (Å²) in [5.41, 5.74) is 1.09. The fourth-order valence-electron chi connectivity index (χ4n) is 3.66. The molecule has 0 aliphatic heterocycles. The third-order valence-electron chi connectivity index (χ3n) is 5.06. The average molecular weight is 356 g/mol. The van der Waals surface area contributed by atoms with Crippen LogP contribution < -0.4 is 5.32 Å². The van der Waals surface area contributed by atoms with Gasteiger partial charge >= 0.3 is 0 Å². The molecule has 0 unspecified atom stereocenters. The number of carbonyl (C=O) groups excluding carboxylic acids is 1. The lowest BCUT2D eigenvalue weighted by molar-refractivity contribution is -0.129. The van der Waals surface area contributed by atoms with E-state index in [2.05, 4.69) is 26.1 Å². The summed E-state index contributed by atoms with van der Waals surface area (Å²) >= 11 is 12.0. The smallest absolute Gasteiger partial charge is 0.223 e. The molecular weight excluding hydrogens is 329 g/mol. The van der Waals surface area contributed by atoms with E-state index in [1.165, 1.54) is 12.8 Å². The van der Waals surface area contributed by atoms with Gasteiger partial charge < -0.3 is 5.32 Å². The van der Waals surface area contributed by atoms with E-state index in [4.69, 9.17) is 23.2 Å². The molecule has 1 saturated carbocycles. The monoisotopic (exact) mass is 355 g/mol. The Hall–Kier alpha value is -0.730. The molecule has 0 heterocycles. The van der Waals surface area contributed by atoms with Gasteiger partial charge in [0, 0.05) is 12.5 Å². The first-order valence-corrected chi connectivity index (χ1v) is 9.35. The van der Waals surface area contributed by atoms with E-state index in [9.17, 15) is 4.79 Å². The van der Waals surface area contributed by atoms with Gasteiger partial charge in [-0.05, 0) is 54.7 Å². The van der Waals surface area contributed by atoms with Gasteiger partial charge in [0.25, 0.3) is 0 Å². The number of nitrogens with one attached hydrogen (secondary N) is 1. The van der Waals surface area contributed by atoms with Crippen LogP contribution in [0.3, 0.4) is 0 Å². The number of amides is 1. The molecule has 0 aromatic heterocycles. The van der Waals surface area contributed by atoms with Gasteiger partial charge in [0.2, 0.25) is 5.91 Å². The summed E-state index contributed by atoms with van der Waals surface area (Å²) in [5, 5.41) is 4.26. The molecule has 0 saturated heterocycles. The topological polar surface area (TPSA) is 29.1 Å². The molecule has 0 spiro atoms. The van der Waals surface area contributed by atoms with Gasteiger partial charge in [0.05, 0.1) is 10.0 Å². The maximum absolute atomic E-state index is 12.6. The minimum Gasteiger partial charge on any atom is -0.356 e. The molecule has 1 aliphatic rings. The normalized spacial score (nSPS) is 24.7. The maximum Gasteiger partial charge on any atom is 0.223 e. The lowest BCUT2D eigenvalue weighted by atomic mass is 9.70. The Morgan fingerprint density at radius 3 is 2.65 bits per heavy atom. The van der Waals surface area contributed by atoms with Crippen molar-refractivity contribution < 1.29 is 4.79 Å². The summed E-state index contributed by atoms with van der Waals surface area (Å²) in [6.07, 6.45) is 4.21. The molecule has 1 aromatic carbocycles. The summed E-state index contributed by atoms with van der Waals surface area (Å²) in [4.78, 5) is 12.6. The second-order valence-electron chi connectivity index (χ2n) is 7.22. The highest BCUT2D eigenvalue weighted by molar-refractivity contribution is 6.42. The quantitative estimate of drug-likeness (QED) is 0.756. The SMILES string of the molecule is CC(C)[C@@H]1CC[C@@H](C)C[C@H]1C(=O)NCCc1ccc(Cl)c(Cl)c1. The fourth-order valence-corrected chi connectivity index (χ4v) is 3.98. The van der Waals surface area contributed by atoms with E-state index in [1.807, 2.05) is 12.1 Å². The summed E-state index contributed by atoms with van der Waals surface area (Å²) in [6, 6.07) is 5.63. The molecule has 2 rings (SSSR count). The number of rotatable bonds is 5. The maximum atomic E-state index is 12.6. The summed E-state index contributed by atoms with van der Waals surface area (Å²) in [7, 11) is 0. The van der Waals surface area contributed by atoms with E-state index in [-0.39, 0.29) is 11.8 Å². The first-order chi connectivity index (χ1) is 10.9. The van der Waals surface area contributed by atoms with Crippen molar-refractivity contribution in [1.29, 1.82) is 0 Å². The van der Waals surface area contributed by atoms with Crippen LogP contribution in [0.5, 0.6) is 0 Å². The summed E-state index contributed by atoms with van der Waals surface area (Å²) < 4.78 is 0. The van der Waals surface area contributed by atoms with E-state index < -0.39 is 0 Å². The van der Waals surface area contributed by atoms with E-state index in [1.54, 1.807) is 6.07 Å². The van der Waals surface area contributed by atoms with Crippen LogP contribution in [0.2, 0.25) is 10.0 Å². The Morgan fingerprint density at radius 2 is 2.00 bits per heavy atom. The number of carbonyl (C=O) groups is 1. The molecule has 0 bridgehead atoms. The molecule has 1 amide bonds. The van der Waals surface area contributed by atoms with Crippen molar-refractivity contribution in [2.75, 3.05) is 6.54 Å². The largest absolute Gasteiger partial charge is 0.356 e. The minimum atomic E-state index is 0.160. The van der Waals surface area contributed by atoms with Gasteiger partial charge in [-0.3, -0.25) is 4.79 Å². The third kappa shape index (κ3) is 5.12. The fraction of sp³-hybridized carbons (Fsp3) is 0.632. The molecule has 1 N–H and O–H groups in total. The number of hydrogen-bond donors (Lipinski definition) is 1. The van der Waals surface area contributed by atoms with Crippen LogP contribution in [0.15, 0.2) is 18.2 Å². The lowest BCUT2D eigenvalue weighted by Crippen LogP contribution is -2.40. The first kappa shape index (κ1) is 18.6. The van der Waals surface area contributed by atoms with Crippen molar-refractivity contribution in [2.24, 2.45) is 23.7 Å². The molecule has 2 nitrogen and oxygen atoms in total. The van der Waals surface area contributed by atoms with Crippen molar-refractivity contribution in [2.45, 2.75) is 46.5 Å². The number of benzene rings is 1. The molecule has 0 radical (unpaired) electrons. The van der Waals surface area contributed by atoms with Crippen LogP contribution in [0, 0.1) is 23.7 Å². The van der Waals surface area contributed by atoms with Crippen LogP contribution in [0.1, 0.15) is 45.6 Å². The standard InChI is InChI=1S/C19H27Cl2NO/c1-12(2)15-6-4-13(3)10-16(15)19(23)22-9-8-14-5-7-17(20)18(21)11-14/h5,7,11-13,15-16H,4,6,8-10H2,1-3H3,(H,22,23)/t13-,15+,16-/m1/s1. The van der Waals surface area contributed by atoms with Crippen molar-refractivity contribution in [1.82, 2.24) is 5.32 Å². The van der Waals surface area contributed by atoms with Crippen molar-refractivity contribution >= 4 is 29.1 Å². The summed E-state index contributed by atoms with van der Waals surface area (Å²) in [6.45, 7) is 7.37. The molecule has 23 heavy (non-hydrogen) atoms. The Kier molecular flexibility index (Phi) is 6.79. The molecule has 3 atom stereocenters. The van der Waals surface area contributed by atoms with Gasteiger partial charge in [0.15, 0.2) is 0 Å². The van der Waals surface area contributed by atoms with Gasteiger partial charge in [-0.2, -0.15) is 0 Å². The number of hydrogen-bond acceptors (Lipinski definition) is 1. The highest BCUT2D eigenvalue weighted by atomic mass is 35.5. The highest BCUT2D eigenvalue weighted by Gasteiger charge is 2.35. The molecular formula is C19H27Cl2NO. The molecule has 1 fully saturated rings.